The zero-order valence-electron chi connectivity index (χ0n) is 8.32. The van der Waals surface area contributed by atoms with Crippen LogP contribution in [0.4, 0.5) is 26.3 Å². The highest BCUT2D eigenvalue weighted by atomic mass is 32.1. The van der Waals surface area contributed by atoms with E-state index in [2.05, 4.69) is 4.98 Å². The molecule has 0 spiro atoms. The third kappa shape index (κ3) is 4.15. The summed E-state index contributed by atoms with van der Waals surface area (Å²) in [5.41, 5.74) is 3.91. The van der Waals surface area contributed by atoms with Crippen molar-refractivity contribution >= 4 is 11.3 Å². The van der Waals surface area contributed by atoms with Gasteiger partial charge in [0.05, 0.1) is 9.88 Å². The number of rotatable bonds is 3. The van der Waals surface area contributed by atoms with Crippen LogP contribution in [0.3, 0.4) is 0 Å². The van der Waals surface area contributed by atoms with Gasteiger partial charge in [-0.15, -0.1) is 11.3 Å². The first-order chi connectivity index (χ1) is 7.63. The van der Waals surface area contributed by atoms with E-state index in [-0.39, 0.29) is 9.88 Å². The average molecular weight is 278 g/mol. The number of hydrogen-bond donors (Lipinski definition) is 1. The van der Waals surface area contributed by atoms with Crippen molar-refractivity contribution in [3.05, 3.63) is 15.6 Å². The Morgan fingerprint density at radius 3 is 2.06 bits per heavy atom. The molecule has 0 bridgehead atoms. The standard InChI is InChI=1S/C8H8F6N2S/c9-7(10,11)2-1-5-16-6(8(12,13)14)4(3-15)17-5/h1-3,15H2. The van der Waals surface area contributed by atoms with E-state index in [1.165, 1.54) is 0 Å². The van der Waals surface area contributed by atoms with Gasteiger partial charge in [0.2, 0.25) is 0 Å². The summed E-state index contributed by atoms with van der Waals surface area (Å²) in [6, 6.07) is 0. The van der Waals surface area contributed by atoms with Crippen LogP contribution in [0.15, 0.2) is 0 Å². The van der Waals surface area contributed by atoms with E-state index in [0.717, 1.165) is 0 Å². The maximum Gasteiger partial charge on any atom is 0.434 e. The second-order valence-electron chi connectivity index (χ2n) is 3.20. The Morgan fingerprint density at radius 2 is 1.71 bits per heavy atom. The molecule has 1 aromatic rings. The number of aromatic nitrogens is 1. The smallest absolute Gasteiger partial charge is 0.326 e. The minimum Gasteiger partial charge on any atom is -0.326 e. The molecule has 0 aromatic carbocycles. The van der Waals surface area contributed by atoms with Crippen LogP contribution in [0, 0.1) is 0 Å². The lowest BCUT2D eigenvalue weighted by Gasteiger charge is -2.04. The summed E-state index contributed by atoms with van der Waals surface area (Å²) < 4.78 is 72.9. The Hall–Kier alpha value is -0.830. The van der Waals surface area contributed by atoms with Crippen molar-refractivity contribution in [3.63, 3.8) is 0 Å². The molecule has 0 atom stereocenters. The van der Waals surface area contributed by atoms with Gasteiger partial charge in [0, 0.05) is 19.4 Å². The molecule has 1 rings (SSSR count). The zero-order chi connectivity index (χ0) is 13.3. The molecule has 9 heteroatoms. The molecule has 2 nitrogen and oxygen atoms in total. The van der Waals surface area contributed by atoms with Crippen molar-refractivity contribution in [2.24, 2.45) is 5.73 Å². The van der Waals surface area contributed by atoms with Crippen molar-refractivity contribution in [2.45, 2.75) is 31.7 Å². The van der Waals surface area contributed by atoms with Gasteiger partial charge in [-0.1, -0.05) is 0 Å². The molecular formula is C8H8F6N2S. The van der Waals surface area contributed by atoms with Crippen LogP contribution in [0.1, 0.15) is 22.0 Å². The molecule has 0 unspecified atom stereocenters. The third-order valence-electron chi connectivity index (χ3n) is 1.82. The van der Waals surface area contributed by atoms with E-state index in [1.807, 2.05) is 0 Å². The molecule has 2 N–H and O–H groups in total. The normalized spacial score (nSPS) is 13.1. The van der Waals surface area contributed by atoms with Crippen molar-refractivity contribution < 1.29 is 26.3 Å². The van der Waals surface area contributed by atoms with E-state index in [0.29, 0.717) is 11.3 Å². The van der Waals surface area contributed by atoms with E-state index in [9.17, 15) is 26.3 Å². The van der Waals surface area contributed by atoms with Crippen LogP contribution in [-0.4, -0.2) is 11.2 Å². The van der Waals surface area contributed by atoms with E-state index >= 15 is 0 Å². The first kappa shape index (κ1) is 14.2. The second kappa shape index (κ2) is 4.81. The number of halogens is 6. The quantitative estimate of drug-likeness (QED) is 0.863. The molecular weight excluding hydrogens is 270 g/mol. The predicted octanol–water partition coefficient (Wildman–Crippen LogP) is 3.12. The summed E-state index contributed by atoms with van der Waals surface area (Å²) in [5.74, 6) is 0. The Balaban J connectivity index is 2.86. The lowest BCUT2D eigenvalue weighted by Crippen LogP contribution is -2.11. The van der Waals surface area contributed by atoms with Crippen LogP contribution in [-0.2, 0) is 19.1 Å². The maximum atomic E-state index is 12.4. The molecule has 98 valence electrons. The number of hydrogen-bond acceptors (Lipinski definition) is 3. The monoisotopic (exact) mass is 278 g/mol. The minimum atomic E-state index is -4.68. The summed E-state index contributed by atoms with van der Waals surface area (Å²) >= 11 is 0.571. The molecule has 0 aliphatic rings. The van der Waals surface area contributed by atoms with Gasteiger partial charge >= 0.3 is 12.4 Å². The van der Waals surface area contributed by atoms with Crippen LogP contribution < -0.4 is 5.73 Å². The Labute approximate surface area is 96.4 Å². The first-order valence-electron chi connectivity index (χ1n) is 4.46. The van der Waals surface area contributed by atoms with Crippen molar-refractivity contribution in [1.29, 1.82) is 0 Å². The molecule has 1 aromatic heterocycles. The average Bonchev–Trinajstić information content (AvgIpc) is 2.56. The largest absolute Gasteiger partial charge is 0.434 e. The third-order valence-corrected chi connectivity index (χ3v) is 2.96. The molecule has 0 aliphatic heterocycles. The number of nitrogens with zero attached hydrogens (tertiary/aromatic N) is 1. The fourth-order valence-electron chi connectivity index (χ4n) is 1.12. The fraction of sp³-hybridized carbons (Fsp3) is 0.625. The van der Waals surface area contributed by atoms with E-state index < -0.39 is 37.4 Å². The maximum absolute atomic E-state index is 12.4. The summed E-state index contributed by atoms with van der Waals surface area (Å²) in [7, 11) is 0. The second-order valence-corrected chi connectivity index (χ2v) is 4.36. The van der Waals surface area contributed by atoms with Gasteiger partial charge in [-0.2, -0.15) is 26.3 Å². The molecule has 0 amide bonds. The molecule has 0 aliphatic carbocycles. The van der Waals surface area contributed by atoms with Gasteiger partial charge in [0.1, 0.15) is 0 Å². The lowest BCUT2D eigenvalue weighted by atomic mass is 10.3. The summed E-state index contributed by atoms with van der Waals surface area (Å²) in [4.78, 5) is 2.93. The molecule has 17 heavy (non-hydrogen) atoms. The Morgan fingerprint density at radius 1 is 1.12 bits per heavy atom. The van der Waals surface area contributed by atoms with Gasteiger partial charge in [-0.3, -0.25) is 0 Å². The Bertz CT molecular complexity index is 380. The molecule has 0 fully saturated rings. The highest BCUT2D eigenvalue weighted by Gasteiger charge is 2.37. The van der Waals surface area contributed by atoms with Crippen LogP contribution >= 0.6 is 11.3 Å². The summed E-state index contributed by atoms with van der Waals surface area (Å²) in [5, 5.41) is -0.199. The van der Waals surface area contributed by atoms with Gasteiger partial charge in [0.15, 0.2) is 5.69 Å². The topological polar surface area (TPSA) is 38.9 Å². The SMILES string of the molecule is NCc1sc(CCC(F)(F)F)nc1C(F)(F)F. The highest BCUT2D eigenvalue weighted by Crippen LogP contribution is 2.35. The van der Waals surface area contributed by atoms with E-state index in [1.54, 1.807) is 0 Å². The van der Waals surface area contributed by atoms with E-state index in [4.69, 9.17) is 5.73 Å². The molecule has 0 radical (unpaired) electrons. The minimum absolute atomic E-state index is 0.199. The fourth-order valence-corrected chi connectivity index (χ4v) is 2.08. The van der Waals surface area contributed by atoms with Gasteiger partial charge in [-0.05, 0) is 0 Å². The van der Waals surface area contributed by atoms with Gasteiger partial charge in [-0.25, -0.2) is 4.98 Å². The summed E-state index contributed by atoms with van der Waals surface area (Å²) in [6.07, 6.45) is -10.8. The predicted molar refractivity (Wildman–Crippen MR) is 49.4 cm³/mol. The lowest BCUT2D eigenvalue weighted by molar-refractivity contribution is -0.141. The Kier molecular flexibility index (Phi) is 4.03. The van der Waals surface area contributed by atoms with Crippen LogP contribution in [0.5, 0.6) is 0 Å². The van der Waals surface area contributed by atoms with Crippen molar-refractivity contribution in [2.75, 3.05) is 0 Å². The first-order valence-corrected chi connectivity index (χ1v) is 5.27. The van der Waals surface area contributed by atoms with Crippen molar-refractivity contribution in [3.8, 4) is 0 Å². The zero-order valence-corrected chi connectivity index (χ0v) is 9.14. The molecule has 1 heterocycles. The number of thiazole rings is 1. The highest BCUT2D eigenvalue weighted by molar-refractivity contribution is 7.11. The van der Waals surface area contributed by atoms with Crippen molar-refractivity contribution in [1.82, 2.24) is 4.98 Å². The van der Waals surface area contributed by atoms with Crippen LogP contribution in [0.2, 0.25) is 0 Å². The molecule has 0 saturated heterocycles. The number of alkyl halides is 6. The number of aryl methyl sites for hydroxylation is 1. The summed E-state index contributed by atoms with van der Waals surface area (Å²) in [6.45, 7) is -0.390. The van der Waals surface area contributed by atoms with Gasteiger partial charge < -0.3 is 5.73 Å². The van der Waals surface area contributed by atoms with Crippen LogP contribution in [0.25, 0.3) is 0 Å². The number of nitrogens with two attached hydrogens (primary N) is 1. The molecule has 0 saturated carbocycles. The van der Waals surface area contributed by atoms with Gasteiger partial charge in [0.25, 0.3) is 0 Å².